The van der Waals surface area contributed by atoms with Gasteiger partial charge in [-0.25, -0.2) is 5.53 Å². The first kappa shape index (κ1) is 8.80. The molecule has 0 aliphatic rings. The van der Waals surface area contributed by atoms with Crippen molar-refractivity contribution >= 4 is 31.9 Å². The zero-order valence-corrected chi connectivity index (χ0v) is 8.68. The van der Waals surface area contributed by atoms with E-state index in [1.165, 1.54) is 0 Å². The van der Waals surface area contributed by atoms with Gasteiger partial charge in [-0.05, 0) is 31.9 Å². The highest BCUT2D eigenvalue weighted by Gasteiger charge is 2.03. The van der Waals surface area contributed by atoms with Crippen molar-refractivity contribution in [2.75, 3.05) is 0 Å². The molecule has 0 aliphatic carbocycles. The molecule has 0 fully saturated rings. The Bertz CT molecular complexity index is 254. The van der Waals surface area contributed by atoms with Crippen LogP contribution in [0.15, 0.2) is 26.5 Å². The van der Waals surface area contributed by atoms with Crippen molar-refractivity contribution in [2.24, 2.45) is 5.11 Å². The molecule has 3 nitrogen and oxygen atoms in total. The number of nitrogens with one attached hydrogen (secondary N) is 1. The van der Waals surface area contributed by atoms with Gasteiger partial charge in [-0.15, -0.1) is 0 Å². The van der Waals surface area contributed by atoms with E-state index in [2.05, 4.69) is 42.0 Å². The summed E-state index contributed by atoms with van der Waals surface area (Å²) in [7, 11) is 0. The molecule has 11 heavy (non-hydrogen) atoms. The van der Waals surface area contributed by atoms with E-state index in [0.29, 0.717) is 6.54 Å². The van der Waals surface area contributed by atoms with Crippen molar-refractivity contribution < 1.29 is 0 Å². The van der Waals surface area contributed by atoms with E-state index < -0.39 is 0 Å². The summed E-state index contributed by atoms with van der Waals surface area (Å²) in [5.74, 6) is 0. The molecule has 0 bridgehead atoms. The van der Waals surface area contributed by atoms with E-state index in [4.69, 9.17) is 5.53 Å². The average Bonchev–Trinajstić information content (AvgIpc) is 1.97. The fourth-order valence-electron chi connectivity index (χ4n) is 0.668. The molecule has 0 radical (unpaired) electrons. The van der Waals surface area contributed by atoms with Crippen molar-refractivity contribution in [3.8, 4) is 0 Å². The molecule has 0 spiro atoms. The van der Waals surface area contributed by atoms with Gasteiger partial charge < -0.3 is 0 Å². The van der Waals surface area contributed by atoms with Gasteiger partial charge in [0.05, 0.1) is 6.54 Å². The minimum Gasteiger partial charge on any atom is -0.262 e. The lowest BCUT2D eigenvalue weighted by Crippen LogP contribution is -1.86. The van der Waals surface area contributed by atoms with Crippen LogP contribution < -0.4 is 0 Å². The van der Waals surface area contributed by atoms with Gasteiger partial charge in [0.2, 0.25) is 0 Å². The number of pyridine rings is 1. The summed E-state index contributed by atoms with van der Waals surface area (Å²) in [6, 6.07) is 0. The Morgan fingerprint density at radius 3 is 2.36 bits per heavy atom. The second-order valence-corrected chi connectivity index (χ2v) is 3.61. The van der Waals surface area contributed by atoms with Gasteiger partial charge in [0.15, 0.2) is 0 Å². The summed E-state index contributed by atoms with van der Waals surface area (Å²) in [5, 5.41) is 3.29. The van der Waals surface area contributed by atoms with Gasteiger partial charge in [0, 0.05) is 26.9 Å². The summed E-state index contributed by atoms with van der Waals surface area (Å²) in [4.78, 5) is 3.93. The SMILES string of the molecule is N=NCc1c(Br)cncc1Br. The zero-order chi connectivity index (χ0) is 8.27. The van der Waals surface area contributed by atoms with Crippen molar-refractivity contribution in [2.45, 2.75) is 6.54 Å². The van der Waals surface area contributed by atoms with Crippen LogP contribution in [0.25, 0.3) is 0 Å². The fourth-order valence-corrected chi connectivity index (χ4v) is 1.85. The minimum atomic E-state index is 0.379. The normalized spacial score (nSPS) is 9.64. The van der Waals surface area contributed by atoms with E-state index in [1.54, 1.807) is 12.4 Å². The van der Waals surface area contributed by atoms with Crippen LogP contribution in [0.2, 0.25) is 0 Å². The molecule has 1 N–H and O–H groups in total. The molecule has 0 saturated heterocycles. The molecule has 0 aromatic carbocycles. The van der Waals surface area contributed by atoms with Crippen molar-refractivity contribution in [1.82, 2.24) is 4.98 Å². The van der Waals surface area contributed by atoms with Crippen LogP contribution in [0.1, 0.15) is 5.56 Å². The number of hydrogen-bond acceptors (Lipinski definition) is 3. The van der Waals surface area contributed by atoms with Crippen LogP contribution in [0, 0.1) is 5.53 Å². The van der Waals surface area contributed by atoms with Crippen LogP contribution in [0.5, 0.6) is 0 Å². The van der Waals surface area contributed by atoms with E-state index in [9.17, 15) is 0 Å². The van der Waals surface area contributed by atoms with Crippen LogP contribution in [0.3, 0.4) is 0 Å². The summed E-state index contributed by atoms with van der Waals surface area (Å²) in [6.07, 6.45) is 3.37. The molecule has 0 amide bonds. The number of rotatable bonds is 2. The average molecular weight is 279 g/mol. The fraction of sp³-hybridized carbons (Fsp3) is 0.167. The molecule has 0 aliphatic heterocycles. The molecule has 5 heteroatoms. The maximum absolute atomic E-state index is 6.70. The third-order valence-corrected chi connectivity index (χ3v) is 2.56. The van der Waals surface area contributed by atoms with Crippen LogP contribution in [-0.2, 0) is 6.54 Å². The molecule has 1 heterocycles. The molecular formula is C6H5Br2N3. The predicted octanol–water partition coefficient (Wildman–Crippen LogP) is 3.14. The third-order valence-electron chi connectivity index (χ3n) is 1.19. The Hall–Kier alpha value is -0.290. The standard InChI is InChI=1S/C6H5Br2N3/c7-5-2-10-3-6(8)4(5)1-11-9/h2-3,9H,1H2. The zero-order valence-electron chi connectivity index (χ0n) is 5.51. The Morgan fingerprint density at radius 1 is 1.36 bits per heavy atom. The Kier molecular flexibility index (Phi) is 3.14. The number of hydrogen-bond donors (Lipinski definition) is 1. The molecule has 58 valence electrons. The molecule has 0 atom stereocenters. The molecular weight excluding hydrogens is 274 g/mol. The largest absolute Gasteiger partial charge is 0.262 e. The second-order valence-electron chi connectivity index (χ2n) is 1.90. The van der Waals surface area contributed by atoms with Crippen LogP contribution >= 0.6 is 31.9 Å². The van der Waals surface area contributed by atoms with E-state index in [0.717, 1.165) is 14.5 Å². The van der Waals surface area contributed by atoms with Gasteiger partial charge >= 0.3 is 0 Å². The predicted molar refractivity (Wildman–Crippen MR) is 48.5 cm³/mol. The van der Waals surface area contributed by atoms with Crippen molar-refractivity contribution in [1.29, 1.82) is 5.53 Å². The number of nitrogens with zero attached hydrogens (tertiary/aromatic N) is 2. The highest BCUT2D eigenvalue weighted by atomic mass is 79.9. The lowest BCUT2D eigenvalue weighted by molar-refractivity contribution is 0.895. The van der Waals surface area contributed by atoms with Crippen LogP contribution in [0.4, 0.5) is 0 Å². The molecule has 1 rings (SSSR count). The summed E-state index contributed by atoms with van der Waals surface area (Å²) in [6.45, 7) is 0.379. The van der Waals surface area contributed by atoms with E-state index >= 15 is 0 Å². The van der Waals surface area contributed by atoms with Crippen molar-refractivity contribution in [3.05, 3.63) is 26.9 Å². The van der Waals surface area contributed by atoms with Gasteiger partial charge in [0.1, 0.15) is 0 Å². The Morgan fingerprint density at radius 2 is 1.91 bits per heavy atom. The summed E-state index contributed by atoms with van der Waals surface area (Å²) in [5.41, 5.74) is 7.65. The van der Waals surface area contributed by atoms with Gasteiger partial charge in [-0.1, -0.05) is 0 Å². The smallest absolute Gasteiger partial charge is 0.0869 e. The minimum absolute atomic E-state index is 0.379. The highest BCUT2D eigenvalue weighted by molar-refractivity contribution is 9.11. The lowest BCUT2D eigenvalue weighted by atomic mass is 10.3. The maximum Gasteiger partial charge on any atom is 0.0869 e. The molecule has 1 aromatic heterocycles. The van der Waals surface area contributed by atoms with Crippen LogP contribution in [-0.4, -0.2) is 4.98 Å². The first-order valence-corrected chi connectivity index (χ1v) is 4.45. The van der Waals surface area contributed by atoms with Gasteiger partial charge in [-0.3, -0.25) is 4.98 Å². The quantitative estimate of drug-likeness (QED) is 0.830. The molecule has 1 aromatic rings. The summed E-state index contributed by atoms with van der Waals surface area (Å²) >= 11 is 6.62. The monoisotopic (exact) mass is 277 g/mol. The topological polar surface area (TPSA) is 49.1 Å². The molecule has 0 saturated carbocycles. The van der Waals surface area contributed by atoms with E-state index in [1.807, 2.05) is 0 Å². The molecule has 0 unspecified atom stereocenters. The highest BCUT2D eigenvalue weighted by Crippen LogP contribution is 2.24. The van der Waals surface area contributed by atoms with Gasteiger partial charge in [-0.2, -0.15) is 5.11 Å². The van der Waals surface area contributed by atoms with Gasteiger partial charge in [0.25, 0.3) is 0 Å². The first-order valence-electron chi connectivity index (χ1n) is 2.87. The number of aromatic nitrogens is 1. The van der Waals surface area contributed by atoms with E-state index in [-0.39, 0.29) is 0 Å². The Labute approximate surface area is 81.0 Å². The first-order chi connectivity index (χ1) is 5.25. The lowest BCUT2D eigenvalue weighted by Gasteiger charge is -2.00. The van der Waals surface area contributed by atoms with Crippen molar-refractivity contribution in [3.63, 3.8) is 0 Å². The Balaban J connectivity index is 3.09. The maximum atomic E-state index is 6.70. The third kappa shape index (κ3) is 2.07. The second kappa shape index (κ2) is 3.92. The number of halogens is 2. The summed E-state index contributed by atoms with van der Waals surface area (Å²) < 4.78 is 1.76.